The summed E-state index contributed by atoms with van der Waals surface area (Å²) in [5.41, 5.74) is 2.31. The highest BCUT2D eigenvalue weighted by Gasteiger charge is 2.19. The van der Waals surface area contributed by atoms with Gasteiger partial charge in [-0.3, -0.25) is 0 Å². The van der Waals surface area contributed by atoms with Gasteiger partial charge in [-0.1, -0.05) is 39.0 Å². The van der Waals surface area contributed by atoms with Crippen molar-refractivity contribution in [3.05, 3.63) is 36.2 Å². The minimum Gasteiger partial charge on any atom is -0.493 e. The van der Waals surface area contributed by atoms with Gasteiger partial charge in [-0.25, -0.2) is 0 Å². The van der Waals surface area contributed by atoms with Crippen molar-refractivity contribution in [1.82, 2.24) is 0 Å². The summed E-state index contributed by atoms with van der Waals surface area (Å²) >= 11 is 0. The van der Waals surface area contributed by atoms with Gasteiger partial charge in [0.2, 0.25) is 0 Å². The summed E-state index contributed by atoms with van der Waals surface area (Å²) in [6.45, 7) is 13.2. The molecule has 0 aliphatic rings. The summed E-state index contributed by atoms with van der Waals surface area (Å²) in [6.07, 6.45) is 0. The summed E-state index contributed by atoms with van der Waals surface area (Å²) in [7, 11) is 0. The Balaban J connectivity index is 3.21. The van der Waals surface area contributed by atoms with E-state index in [-0.39, 0.29) is 5.41 Å². The molecule has 0 amide bonds. The van der Waals surface area contributed by atoms with Crippen LogP contribution in [0.2, 0.25) is 0 Å². The minimum atomic E-state index is 0.109. The predicted molar refractivity (Wildman–Crippen MR) is 60.8 cm³/mol. The van der Waals surface area contributed by atoms with Crippen LogP contribution in [-0.4, -0.2) is 6.61 Å². The van der Waals surface area contributed by atoms with Crippen LogP contribution in [-0.2, 0) is 5.41 Å². The van der Waals surface area contributed by atoms with E-state index in [0.29, 0.717) is 6.61 Å². The average molecular weight is 191 g/mol. The van der Waals surface area contributed by atoms with Gasteiger partial charge in [0.1, 0.15) is 5.75 Å². The molecule has 0 aliphatic heterocycles. The Labute approximate surface area is 87.1 Å². The van der Waals surface area contributed by atoms with Crippen LogP contribution < -0.4 is 4.74 Å². The van der Waals surface area contributed by atoms with Crippen molar-refractivity contribution < 1.29 is 4.74 Å². The molecule has 0 fully saturated rings. The van der Waals surface area contributed by atoms with E-state index >= 15 is 0 Å². The number of para-hydroxylation sites is 1. The zero-order chi connectivity index (χ0) is 10.8. The first-order valence-corrected chi connectivity index (χ1v) is 5.05. The van der Waals surface area contributed by atoms with E-state index in [1.54, 1.807) is 0 Å². The quantitative estimate of drug-likeness (QED) is 0.694. The van der Waals surface area contributed by atoms with E-state index in [1.165, 1.54) is 5.56 Å². The zero-order valence-corrected chi connectivity index (χ0v) is 9.55. The molecular weight excluding hydrogens is 172 g/mol. The van der Waals surface area contributed by atoms with Crippen LogP contribution in [0.3, 0.4) is 0 Å². The van der Waals surface area contributed by atoms with Crippen LogP contribution in [0.15, 0.2) is 18.2 Å². The number of benzene rings is 1. The smallest absolute Gasteiger partial charge is 0.126 e. The molecule has 1 radical (unpaired) electrons. The van der Waals surface area contributed by atoms with Gasteiger partial charge in [0.05, 0.1) is 6.61 Å². The van der Waals surface area contributed by atoms with Gasteiger partial charge in [0.15, 0.2) is 0 Å². The first-order valence-electron chi connectivity index (χ1n) is 5.05. The molecule has 0 saturated heterocycles. The van der Waals surface area contributed by atoms with Gasteiger partial charge >= 0.3 is 0 Å². The van der Waals surface area contributed by atoms with Crippen LogP contribution in [0.25, 0.3) is 0 Å². The van der Waals surface area contributed by atoms with Crippen molar-refractivity contribution in [1.29, 1.82) is 0 Å². The molecule has 1 rings (SSSR count). The van der Waals surface area contributed by atoms with E-state index in [9.17, 15) is 0 Å². The number of hydrogen-bond acceptors (Lipinski definition) is 1. The normalized spacial score (nSPS) is 11.5. The van der Waals surface area contributed by atoms with Crippen molar-refractivity contribution in [3.8, 4) is 5.75 Å². The number of ether oxygens (including phenoxy) is 1. The molecule has 0 heterocycles. The van der Waals surface area contributed by atoms with Crippen LogP contribution >= 0.6 is 0 Å². The monoisotopic (exact) mass is 191 g/mol. The largest absolute Gasteiger partial charge is 0.493 e. The summed E-state index contributed by atoms with van der Waals surface area (Å²) in [6, 6.07) is 6.13. The van der Waals surface area contributed by atoms with Crippen molar-refractivity contribution in [2.45, 2.75) is 33.1 Å². The molecule has 1 aromatic carbocycles. The fourth-order valence-corrected chi connectivity index (χ4v) is 1.49. The molecule has 0 unspecified atom stereocenters. The second kappa shape index (κ2) is 4.04. The SMILES string of the molecule is [CH2]c1cccc(C(C)(C)C)c1OCC. The van der Waals surface area contributed by atoms with E-state index in [4.69, 9.17) is 4.74 Å². The van der Waals surface area contributed by atoms with Gasteiger partial charge in [0, 0.05) is 0 Å². The maximum atomic E-state index is 5.63. The van der Waals surface area contributed by atoms with Gasteiger partial charge in [-0.15, -0.1) is 0 Å². The lowest BCUT2D eigenvalue weighted by atomic mass is 9.85. The molecular formula is C13H19O. The summed E-state index contributed by atoms with van der Waals surface area (Å²) in [5.74, 6) is 0.947. The Hall–Kier alpha value is -0.980. The summed E-state index contributed by atoms with van der Waals surface area (Å²) < 4.78 is 5.63. The lowest BCUT2D eigenvalue weighted by Crippen LogP contribution is -2.14. The standard InChI is InChI=1S/C13H19O/c1-6-14-12-10(2)8-7-9-11(12)13(3,4)5/h7-9H,2,6H2,1,3-5H3. The molecule has 0 spiro atoms. The van der Waals surface area contributed by atoms with E-state index in [0.717, 1.165) is 11.3 Å². The highest BCUT2D eigenvalue weighted by Crippen LogP contribution is 2.33. The molecule has 0 bridgehead atoms. The van der Waals surface area contributed by atoms with E-state index < -0.39 is 0 Å². The average Bonchev–Trinajstić information content (AvgIpc) is 2.07. The Morgan fingerprint density at radius 1 is 1.29 bits per heavy atom. The highest BCUT2D eigenvalue weighted by atomic mass is 16.5. The van der Waals surface area contributed by atoms with Crippen LogP contribution in [0.1, 0.15) is 38.8 Å². The Morgan fingerprint density at radius 3 is 2.43 bits per heavy atom. The van der Waals surface area contributed by atoms with Gasteiger partial charge in [-0.2, -0.15) is 0 Å². The van der Waals surface area contributed by atoms with Crippen LogP contribution in [0.4, 0.5) is 0 Å². The fraction of sp³-hybridized carbons (Fsp3) is 0.462. The molecule has 0 aromatic heterocycles. The molecule has 0 aliphatic carbocycles. The molecule has 0 saturated carbocycles. The molecule has 14 heavy (non-hydrogen) atoms. The Kier molecular flexibility index (Phi) is 3.20. The van der Waals surface area contributed by atoms with E-state index in [1.807, 2.05) is 19.1 Å². The first-order chi connectivity index (χ1) is 6.46. The topological polar surface area (TPSA) is 9.23 Å². The van der Waals surface area contributed by atoms with E-state index in [2.05, 4.69) is 33.8 Å². The lowest BCUT2D eigenvalue weighted by molar-refractivity contribution is 0.328. The summed E-state index contributed by atoms with van der Waals surface area (Å²) in [4.78, 5) is 0. The first kappa shape index (κ1) is 11.1. The fourth-order valence-electron chi connectivity index (χ4n) is 1.49. The van der Waals surface area contributed by atoms with Gasteiger partial charge < -0.3 is 4.74 Å². The van der Waals surface area contributed by atoms with Crippen LogP contribution in [0.5, 0.6) is 5.75 Å². The third kappa shape index (κ3) is 2.28. The van der Waals surface area contributed by atoms with Crippen molar-refractivity contribution in [3.63, 3.8) is 0 Å². The van der Waals surface area contributed by atoms with Gasteiger partial charge in [-0.05, 0) is 30.4 Å². The molecule has 1 nitrogen and oxygen atoms in total. The van der Waals surface area contributed by atoms with Crippen molar-refractivity contribution >= 4 is 0 Å². The second-order valence-electron chi connectivity index (χ2n) is 4.48. The Morgan fingerprint density at radius 2 is 1.93 bits per heavy atom. The third-order valence-electron chi connectivity index (χ3n) is 2.19. The number of rotatable bonds is 2. The maximum Gasteiger partial charge on any atom is 0.126 e. The lowest BCUT2D eigenvalue weighted by Gasteiger charge is -2.23. The molecule has 1 heteroatoms. The molecule has 1 aromatic rings. The minimum absolute atomic E-state index is 0.109. The highest BCUT2D eigenvalue weighted by molar-refractivity contribution is 5.46. The molecule has 0 N–H and O–H groups in total. The second-order valence-corrected chi connectivity index (χ2v) is 4.48. The van der Waals surface area contributed by atoms with Gasteiger partial charge in [0.25, 0.3) is 0 Å². The van der Waals surface area contributed by atoms with Crippen LogP contribution in [0, 0.1) is 6.92 Å². The maximum absolute atomic E-state index is 5.63. The third-order valence-corrected chi connectivity index (χ3v) is 2.19. The Bertz CT molecular complexity index is 308. The van der Waals surface area contributed by atoms with Crippen molar-refractivity contribution in [2.24, 2.45) is 0 Å². The van der Waals surface area contributed by atoms with Crippen molar-refractivity contribution in [2.75, 3.05) is 6.61 Å². The zero-order valence-electron chi connectivity index (χ0n) is 9.55. The molecule has 0 atom stereocenters. The summed E-state index contributed by atoms with van der Waals surface area (Å²) in [5, 5.41) is 0. The molecule has 77 valence electrons. The predicted octanol–water partition coefficient (Wildman–Crippen LogP) is 3.56. The number of hydrogen-bond donors (Lipinski definition) is 0.